The van der Waals surface area contributed by atoms with Crippen molar-refractivity contribution >= 4 is 0 Å². The topological polar surface area (TPSA) is 21.3 Å². The molecule has 0 radical (unpaired) electrons. The highest BCUT2D eigenvalue weighted by Crippen LogP contribution is 2.22. The van der Waals surface area contributed by atoms with E-state index in [4.69, 9.17) is 4.74 Å². The van der Waals surface area contributed by atoms with Gasteiger partial charge in [0.1, 0.15) is 18.2 Å². The smallest absolute Gasteiger partial charge is 0.124 e. The first-order valence-electron chi connectivity index (χ1n) is 6.72. The van der Waals surface area contributed by atoms with Crippen LogP contribution >= 0.6 is 0 Å². The maximum atomic E-state index is 13.3. The molecule has 0 spiro atoms. The third-order valence-corrected chi connectivity index (χ3v) is 3.41. The van der Waals surface area contributed by atoms with E-state index in [9.17, 15) is 4.39 Å². The second-order valence-electron chi connectivity index (χ2n) is 4.94. The molecular weight excluding hydrogens is 253 g/mol. The maximum absolute atomic E-state index is 13.3. The SMILES string of the molecule is CNCc1cc(F)ccc1OCc1c(C)cccc1C. The zero-order valence-electron chi connectivity index (χ0n) is 12.2. The maximum Gasteiger partial charge on any atom is 0.124 e. The molecule has 0 fully saturated rings. The molecule has 0 aliphatic heterocycles. The van der Waals surface area contributed by atoms with E-state index in [2.05, 4.69) is 31.3 Å². The summed E-state index contributed by atoms with van der Waals surface area (Å²) < 4.78 is 19.2. The molecule has 0 atom stereocenters. The standard InChI is InChI=1S/C17H20FNO/c1-12-5-4-6-13(2)16(12)11-20-17-8-7-15(18)9-14(17)10-19-3/h4-9,19H,10-11H2,1-3H3. The van der Waals surface area contributed by atoms with Crippen LogP contribution in [0.25, 0.3) is 0 Å². The summed E-state index contributed by atoms with van der Waals surface area (Å²) in [6.45, 7) is 5.23. The lowest BCUT2D eigenvalue weighted by atomic mass is 10.0. The predicted octanol–water partition coefficient (Wildman–Crippen LogP) is 3.74. The van der Waals surface area contributed by atoms with Crippen molar-refractivity contribution in [2.45, 2.75) is 27.0 Å². The third-order valence-electron chi connectivity index (χ3n) is 3.41. The Morgan fingerprint density at radius 3 is 2.45 bits per heavy atom. The summed E-state index contributed by atoms with van der Waals surface area (Å²) in [5.74, 6) is 0.484. The summed E-state index contributed by atoms with van der Waals surface area (Å²) in [6.07, 6.45) is 0. The molecule has 106 valence electrons. The fraction of sp³-hybridized carbons (Fsp3) is 0.294. The first-order valence-corrected chi connectivity index (χ1v) is 6.72. The molecule has 20 heavy (non-hydrogen) atoms. The van der Waals surface area contributed by atoms with Gasteiger partial charge in [-0.1, -0.05) is 18.2 Å². The molecule has 3 heteroatoms. The molecule has 0 aliphatic carbocycles. The van der Waals surface area contributed by atoms with Crippen LogP contribution in [0.15, 0.2) is 36.4 Å². The zero-order chi connectivity index (χ0) is 14.5. The summed E-state index contributed by atoms with van der Waals surface area (Å²) in [7, 11) is 1.83. The Morgan fingerprint density at radius 2 is 1.80 bits per heavy atom. The molecule has 2 aromatic rings. The van der Waals surface area contributed by atoms with Crippen molar-refractivity contribution in [2.75, 3.05) is 7.05 Å². The molecule has 0 saturated carbocycles. The minimum absolute atomic E-state index is 0.241. The Bertz CT molecular complexity index is 575. The van der Waals surface area contributed by atoms with Gasteiger partial charge in [-0.3, -0.25) is 0 Å². The van der Waals surface area contributed by atoms with Crippen LogP contribution in [-0.4, -0.2) is 7.05 Å². The normalized spacial score (nSPS) is 10.6. The van der Waals surface area contributed by atoms with E-state index >= 15 is 0 Å². The highest BCUT2D eigenvalue weighted by atomic mass is 19.1. The van der Waals surface area contributed by atoms with Crippen molar-refractivity contribution in [3.8, 4) is 5.75 Å². The zero-order valence-corrected chi connectivity index (χ0v) is 12.2. The number of benzene rings is 2. The van der Waals surface area contributed by atoms with Gasteiger partial charge in [-0.25, -0.2) is 4.39 Å². The van der Waals surface area contributed by atoms with Crippen molar-refractivity contribution in [1.82, 2.24) is 5.32 Å². The Morgan fingerprint density at radius 1 is 1.10 bits per heavy atom. The van der Waals surface area contributed by atoms with Gasteiger partial charge in [0.2, 0.25) is 0 Å². The van der Waals surface area contributed by atoms with Crippen LogP contribution in [0.3, 0.4) is 0 Å². The van der Waals surface area contributed by atoms with E-state index in [0.29, 0.717) is 13.2 Å². The molecule has 0 aliphatic rings. The summed E-state index contributed by atoms with van der Waals surface area (Å²) in [5.41, 5.74) is 4.44. The molecule has 1 N–H and O–H groups in total. The van der Waals surface area contributed by atoms with E-state index in [1.807, 2.05) is 13.1 Å². The Kier molecular flexibility index (Phi) is 4.74. The van der Waals surface area contributed by atoms with E-state index in [1.165, 1.54) is 28.8 Å². The van der Waals surface area contributed by atoms with Crippen LogP contribution in [0.4, 0.5) is 4.39 Å². The molecular formula is C17H20FNO. The van der Waals surface area contributed by atoms with Gasteiger partial charge in [0.25, 0.3) is 0 Å². The van der Waals surface area contributed by atoms with E-state index < -0.39 is 0 Å². The van der Waals surface area contributed by atoms with Gasteiger partial charge >= 0.3 is 0 Å². The molecule has 0 amide bonds. The van der Waals surface area contributed by atoms with Crippen molar-refractivity contribution in [3.63, 3.8) is 0 Å². The molecule has 0 heterocycles. The molecule has 2 aromatic carbocycles. The van der Waals surface area contributed by atoms with Gasteiger partial charge in [-0.05, 0) is 55.8 Å². The van der Waals surface area contributed by atoms with Crippen molar-refractivity contribution in [2.24, 2.45) is 0 Å². The summed E-state index contributed by atoms with van der Waals surface area (Å²) in [6, 6.07) is 10.8. The number of hydrogen-bond acceptors (Lipinski definition) is 2. The van der Waals surface area contributed by atoms with Crippen LogP contribution in [0.1, 0.15) is 22.3 Å². The average Bonchev–Trinajstić information content (AvgIpc) is 2.40. The quantitative estimate of drug-likeness (QED) is 0.896. The molecule has 0 saturated heterocycles. The lowest BCUT2D eigenvalue weighted by Crippen LogP contribution is -2.08. The molecule has 0 unspecified atom stereocenters. The van der Waals surface area contributed by atoms with Gasteiger partial charge in [0.05, 0.1) is 0 Å². The number of hydrogen-bond donors (Lipinski definition) is 1. The van der Waals surface area contributed by atoms with E-state index in [-0.39, 0.29) is 5.82 Å². The van der Waals surface area contributed by atoms with Crippen molar-refractivity contribution in [3.05, 3.63) is 64.5 Å². The van der Waals surface area contributed by atoms with Gasteiger partial charge in [-0.15, -0.1) is 0 Å². The molecule has 2 rings (SSSR count). The number of ether oxygens (including phenoxy) is 1. The van der Waals surface area contributed by atoms with Crippen LogP contribution in [0.5, 0.6) is 5.75 Å². The number of aryl methyl sites for hydroxylation is 2. The Hall–Kier alpha value is -1.87. The fourth-order valence-electron chi connectivity index (χ4n) is 2.24. The summed E-state index contributed by atoms with van der Waals surface area (Å²) in [4.78, 5) is 0. The highest BCUT2D eigenvalue weighted by molar-refractivity contribution is 5.36. The second kappa shape index (κ2) is 6.53. The highest BCUT2D eigenvalue weighted by Gasteiger charge is 2.07. The largest absolute Gasteiger partial charge is 0.489 e. The summed E-state index contributed by atoms with van der Waals surface area (Å²) in [5, 5.41) is 3.03. The van der Waals surface area contributed by atoms with Gasteiger partial charge in [-0.2, -0.15) is 0 Å². The minimum Gasteiger partial charge on any atom is -0.489 e. The van der Waals surface area contributed by atoms with Crippen LogP contribution in [0.2, 0.25) is 0 Å². The summed E-state index contributed by atoms with van der Waals surface area (Å²) >= 11 is 0. The van der Waals surface area contributed by atoms with Gasteiger partial charge < -0.3 is 10.1 Å². The number of nitrogens with one attached hydrogen (secondary N) is 1. The van der Waals surface area contributed by atoms with Crippen molar-refractivity contribution < 1.29 is 9.13 Å². The number of halogens is 1. The van der Waals surface area contributed by atoms with Crippen molar-refractivity contribution in [1.29, 1.82) is 0 Å². The third kappa shape index (κ3) is 3.36. The Labute approximate surface area is 119 Å². The van der Waals surface area contributed by atoms with Crippen LogP contribution < -0.4 is 10.1 Å². The van der Waals surface area contributed by atoms with Crippen LogP contribution in [-0.2, 0) is 13.2 Å². The van der Waals surface area contributed by atoms with Gasteiger partial charge in [0, 0.05) is 12.1 Å². The predicted molar refractivity (Wildman–Crippen MR) is 79.4 cm³/mol. The first-order chi connectivity index (χ1) is 9.61. The van der Waals surface area contributed by atoms with E-state index in [1.54, 1.807) is 6.07 Å². The Balaban J connectivity index is 2.18. The lowest BCUT2D eigenvalue weighted by Gasteiger charge is -2.14. The minimum atomic E-state index is -0.241. The average molecular weight is 273 g/mol. The monoisotopic (exact) mass is 273 g/mol. The van der Waals surface area contributed by atoms with Gasteiger partial charge in [0.15, 0.2) is 0 Å². The fourth-order valence-corrected chi connectivity index (χ4v) is 2.24. The first kappa shape index (κ1) is 14.5. The molecule has 0 bridgehead atoms. The molecule has 0 aromatic heterocycles. The lowest BCUT2D eigenvalue weighted by molar-refractivity contribution is 0.300. The number of rotatable bonds is 5. The van der Waals surface area contributed by atoms with Crippen LogP contribution in [0, 0.1) is 19.7 Å². The second-order valence-corrected chi connectivity index (χ2v) is 4.94. The molecule has 2 nitrogen and oxygen atoms in total. The van der Waals surface area contributed by atoms with E-state index in [0.717, 1.165) is 11.3 Å².